The number of aromatic nitrogens is 4. The molecule has 6 rings (SSSR count). The molecule has 0 spiro atoms. The topological polar surface area (TPSA) is 100 Å². The molecule has 36 heavy (non-hydrogen) atoms. The van der Waals surface area contributed by atoms with E-state index in [1.165, 1.54) is 0 Å². The molecule has 0 saturated heterocycles. The highest BCUT2D eigenvalue weighted by molar-refractivity contribution is 14.1. The second-order valence-electron chi connectivity index (χ2n) is 7.79. The molecular weight excluding hydrogens is 709 g/mol. The molecule has 0 fully saturated rings. The Bertz CT molecular complexity index is 1470. The number of hydrogen-bond acceptors (Lipinski definition) is 6. The fraction of sp³-hybridized carbons (Fsp3) is 0.167. The number of benzene rings is 2. The van der Waals surface area contributed by atoms with Crippen molar-refractivity contribution in [2.75, 3.05) is 13.2 Å². The van der Waals surface area contributed by atoms with Crippen molar-refractivity contribution in [3.05, 3.63) is 67.1 Å². The Morgan fingerprint density at radius 2 is 1.47 bits per heavy atom. The molecule has 2 aromatic carbocycles. The lowest BCUT2D eigenvalue weighted by molar-refractivity contribution is -0.108. The van der Waals surface area contributed by atoms with Crippen LogP contribution in [0.1, 0.15) is 10.5 Å². The Kier molecular flexibility index (Phi) is 7.44. The normalized spacial score (nSPS) is 13.1. The number of hydrogen-bond donors (Lipinski definition) is 1. The van der Waals surface area contributed by atoms with Crippen molar-refractivity contribution in [2.24, 2.45) is 0 Å². The summed E-state index contributed by atoms with van der Waals surface area (Å²) in [6, 6.07) is 11.7. The lowest BCUT2D eigenvalue weighted by Crippen LogP contribution is -2.21. The number of carbonyl (C=O) groups excluding carboxylic acids is 2. The average molecular weight is 727 g/mol. The number of nitrogens with zero attached hydrogens (tertiary/aromatic N) is 4. The van der Waals surface area contributed by atoms with E-state index in [0.717, 1.165) is 41.9 Å². The van der Waals surface area contributed by atoms with E-state index in [4.69, 9.17) is 9.47 Å². The van der Waals surface area contributed by atoms with Gasteiger partial charge in [0, 0.05) is 21.3 Å². The molecule has 4 aromatic rings. The Morgan fingerprint density at radius 1 is 0.917 bits per heavy atom. The van der Waals surface area contributed by atoms with Crippen LogP contribution in [0.4, 0.5) is 0 Å². The first kappa shape index (κ1) is 25.0. The molecule has 0 unspecified atom stereocenters. The molecule has 184 valence electrons. The molecule has 9 nitrogen and oxygen atoms in total. The summed E-state index contributed by atoms with van der Waals surface area (Å²) >= 11 is 9.08. The first-order chi connectivity index (χ1) is 17.4. The zero-order chi connectivity index (χ0) is 25.2. The van der Waals surface area contributed by atoms with Crippen LogP contribution in [0.3, 0.4) is 0 Å². The van der Waals surface area contributed by atoms with Crippen LogP contribution >= 0.6 is 54.5 Å². The Labute approximate surface area is 236 Å². The zero-order valence-electron chi connectivity index (χ0n) is 18.6. The molecule has 2 aromatic heterocycles. The maximum Gasteiger partial charge on any atom is 0.277 e. The van der Waals surface area contributed by atoms with E-state index >= 15 is 0 Å². The summed E-state index contributed by atoms with van der Waals surface area (Å²) in [5, 5.41) is 2.09. The number of rotatable bonds is 2. The van der Waals surface area contributed by atoms with Gasteiger partial charge in [-0.05, 0) is 59.0 Å². The van der Waals surface area contributed by atoms with Crippen molar-refractivity contribution in [1.82, 2.24) is 24.4 Å². The number of imidazole rings is 2. The van der Waals surface area contributed by atoms with Crippen molar-refractivity contribution >= 4 is 66.8 Å². The number of fused-ring (bicyclic) bond motifs is 6. The van der Waals surface area contributed by atoms with Gasteiger partial charge >= 0.3 is 0 Å². The highest BCUT2D eigenvalue weighted by Crippen LogP contribution is 2.35. The van der Waals surface area contributed by atoms with Gasteiger partial charge in [-0.15, -0.1) is 0 Å². The van der Waals surface area contributed by atoms with Gasteiger partial charge in [0.1, 0.15) is 45.8 Å². The fourth-order valence-corrected chi connectivity index (χ4v) is 5.16. The van der Waals surface area contributed by atoms with E-state index in [9.17, 15) is 9.59 Å². The fourth-order valence-electron chi connectivity index (χ4n) is 3.92. The van der Waals surface area contributed by atoms with Crippen molar-refractivity contribution in [1.29, 1.82) is 0 Å². The Balaban J connectivity index is 0.000000152. The summed E-state index contributed by atoms with van der Waals surface area (Å²) < 4.78 is 18.3. The summed E-state index contributed by atoms with van der Waals surface area (Å²) in [6.45, 7) is 2.60. The van der Waals surface area contributed by atoms with Gasteiger partial charge in [-0.3, -0.25) is 14.9 Å². The van der Waals surface area contributed by atoms with Crippen LogP contribution < -0.4 is 14.8 Å². The summed E-state index contributed by atoms with van der Waals surface area (Å²) in [5.41, 5.74) is 2.09. The lowest BCUT2D eigenvalue weighted by atomic mass is 10.2. The van der Waals surface area contributed by atoms with Crippen LogP contribution in [0, 0.1) is 3.70 Å². The van der Waals surface area contributed by atoms with Crippen molar-refractivity contribution in [2.45, 2.75) is 13.1 Å². The second-order valence-corrected chi connectivity index (χ2v) is 10.7. The number of halogens is 3. The number of amides is 2. The van der Waals surface area contributed by atoms with Gasteiger partial charge < -0.3 is 18.6 Å². The monoisotopic (exact) mass is 725 g/mol. The molecule has 0 radical (unpaired) electrons. The third kappa shape index (κ3) is 5.20. The first-order valence-electron chi connectivity index (χ1n) is 10.8. The smallest absolute Gasteiger partial charge is 0.277 e. The largest absolute Gasteiger partial charge is 0.491 e. The summed E-state index contributed by atoms with van der Waals surface area (Å²) in [4.78, 5) is 30.8. The third-order valence-corrected chi connectivity index (χ3v) is 7.00. The highest BCUT2D eigenvalue weighted by Gasteiger charge is 2.21. The Hall–Kier alpha value is -2.71. The molecule has 2 aliphatic heterocycles. The highest BCUT2D eigenvalue weighted by atomic mass is 127. The number of carbonyl (C=O) groups is 2. The summed E-state index contributed by atoms with van der Waals surface area (Å²) in [6.07, 6.45) is 4.02. The first-order valence-corrected chi connectivity index (χ1v) is 13.5. The number of nitrogens with one attached hydrogen (secondary N) is 1. The van der Waals surface area contributed by atoms with Crippen LogP contribution in [-0.2, 0) is 17.9 Å². The van der Waals surface area contributed by atoms with Gasteiger partial charge in [0.25, 0.3) is 5.91 Å². The van der Waals surface area contributed by atoms with Crippen molar-refractivity contribution < 1.29 is 19.1 Å². The predicted octanol–water partition coefficient (Wildman–Crippen LogP) is 4.90. The number of ether oxygens (including phenoxy) is 2. The lowest BCUT2D eigenvalue weighted by Gasteiger charge is -2.06. The van der Waals surface area contributed by atoms with E-state index < -0.39 is 5.91 Å². The molecule has 0 atom stereocenters. The van der Waals surface area contributed by atoms with Gasteiger partial charge in [-0.25, -0.2) is 9.97 Å². The van der Waals surface area contributed by atoms with Crippen LogP contribution in [-0.4, -0.2) is 44.6 Å². The van der Waals surface area contributed by atoms with E-state index in [2.05, 4.69) is 80.5 Å². The van der Waals surface area contributed by atoms with Gasteiger partial charge in [-0.1, -0.05) is 31.9 Å². The predicted molar refractivity (Wildman–Crippen MR) is 148 cm³/mol. The zero-order valence-corrected chi connectivity index (χ0v) is 23.9. The van der Waals surface area contributed by atoms with E-state index in [1.807, 2.05) is 41.0 Å². The second kappa shape index (κ2) is 10.7. The standard InChI is InChI=1S/C13H10BrN3O3.C11H8BrIN2O/c14-8-1-2-9-11(5-8)20-4-3-17-6-10(16-12(9)17)13(19)15-7-18;12-7-1-2-8-9(5-7)16-4-3-15-6-10(13)14-11(8)15/h1-2,5-7H,3-4H2,(H,15,18,19);1-2,5-6H,3-4H2. The van der Waals surface area contributed by atoms with Crippen LogP contribution in [0.25, 0.3) is 22.8 Å². The minimum absolute atomic E-state index is 0.211. The van der Waals surface area contributed by atoms with Crippen LogP contribution in [0.2, 0.25) is 0 Å². The maximum absolute atomic E-state index is 11.7. The molecule has 2 aliphatic rings. The third-order valence-electron chi connectivity index (χ3n) is 5.49. The molecule has 4 heterocycles. The molecule has 1 N–H and O–H groups in total. The van der Waals surface area contributed by atoms with Gasteiger partial charge in [0.15, 0.2) is 0 Å². The molecule has 2 amide bonds. The number of imide groups is 1. The minimum Gasteiger partial charge on any atom is -0.491 e. The van der Waals surface area contributed by atoms with Crippen molar-refractivity contribution in [3.63, 3.8) is 0 Å². The minimum atomic E-state index is -0.514. The van der Waals surface area contributed by atoms with E-state index in [-0.39, 0.29) is 5.69 Å². The van der Waals surface area contributed by atoms with E-state index in [1.54, 1.807) is 6.20 Å². The molecule has 0 aliphatic carbocycles. The van der Waals surface area contributed by atoms with Gasteiger partial charge in [0.05, 0.1) is 24.2 Å². The molecule has 0 saturated carbocycles. The summed E-state index contributed by atoms with van der Waals surface area (Å²) in [5.74, 6) is 2.74. The van der Waals surface area contributed by atoms with Gasteiger partial charge in [0.2, 0.25) is 6.41 Å². The molecule has 0 bridgehead atoms. The van der Waals surface area contributed by atoms with Gasteiger partial charge in [-0.2, -0.15) is 0 Å². The Morgan fingerprint density at radius 3 is 2.06 bits per heavy atom. The summed E-state index contributed by atoms with van der Waals surface area (Å²) in [7, 11) is 0. The SMILES string of the molecule is Brc1ccc2c(c1)OCCn1cc(I)nc1-2.O=CNC(=O)c1cn2c(n1)-c1ccc(Br)cc1OCC2. The average Bonchev–Trinajstić information content (AvgIpc) is 3.34. The van der Waals surface area contributed by atoms with E-state index in [0.29, 0.717) is 37.7 Å². The quantitative estimate of drug-likeness (QED) is 0.233. The van der Waals surface area contributed by atoms with Crippen LogP contribution in [0.15, 0.2) is 57.7 Å². The molecule has 12 heteroatoms. The van der Waals surface area contributed by atoms with Crippen molar-refractivity contribution in [3.8, 4) is 34.3 Å². The molecular formula is C24H18Br2IN5O4. The maximum atomic E-state index is 11.7. The van der Waals surface area contributed by atoms with Crippen LogP contribution in [0.5, 0.6) is 11.5 Å².